The number of benzene rings is 1. The Balaban J connectivity index is 1.54. The molecule has 7 heteroatoms. The molecule has 0 unspecified atom stereocenters. The van der Waals surface area contributed by atoms with Gasteiger partial charge < -0.3 is 15.0 Å². The molecule has 0 radical (unpaired) electrons. The highest BCUT2D eigenvalue weighted by atomic mass is 32.1. The molecule has 6 nitrogen and oxygen atoms in total. The number of piperazine rings is 1. The molecule has 0 atom stereocenters. The molecular formula is C19H24N4O2S. The van der Waals surface area contributed by atoms with Gasteiger partial charge in [-0.15, -0.1) is 17.9 Å². The van der Waals surface area contributed by atoms with Crippen molar-refractivity contribution < 1.29 is 9.53 Å². The first-order valence-electron chi connectivity index (χ1n) is 8.65. The van der Waals surface area contributed by atoms with E-state index in [9.17, 15) is 4.79 Å². The minimum atomic E-state index is -0.145. The van der Waals surface area contributed by atoms with Crippen LogP contribution in [0.5, 0.6) is 5.75 Å². The molecule has 26 heavy (non-hydrogen) atoms. The summed E-state index contributed by atoms with van der Waals surface area (Å²) in [6.07, 6.45) is 1.66. The van der Waals surface area contributed by atoms with Gasteiger partial charge in [-0.2, -0.15) is 0 Å². The number of carbonyl (C=O) groups is 1. The fourth-order valence-electron chi connectivity index (χ4n) is 2.97. The molecule has 1 fully saturated rings. The molecule has 1 N–H and O–H groups in total. The number of nitrogens with one attached hydrogen (secondary N) is 1. The van der Waals surface area contributed by atoms with Gasteiger partial charge in [-0.05, 0) is 12.1 Å². The fraction of sp³-hybridized carbons (Fsp3) is 0.368. The normalized spacial score (nSPS) is 14.9. The van der Waals surface area contributed by atoms with Crippen molar-refractivity contribution in [1.82, 2.24) is 15.2 Å². The van der Waals surface area contributed by atoms with E-state index in [1.54, 1.807) is 13.2 Å². The minimum absolute atomic E-state index is 0.145. The number of hydrogen-bond donors (Lipinski definition) is 1. The van der Waals surface area contributed by atoms with Crippen LogP contribution in [0, 0.1) is 0 Å². The van der Waals surface area contributed by atoms with Crippen molar-refractivity contribution in [3.63, 3.8) is 0 Å². The summed E-state index contributed by atoms with van der Waals surface area (Å²) in [5, 5.41) is 5.55. The van der Waals surface area contributed by atoms with Crippen molar-refractivity contribution in [3.8, 4) is 5.75 Å². The van der Waals surface area contributed by atoms with E-state index in [4.69, 9.17) is 4.74 Å². The Bertz CT molecular complexity index is 754. The van der Waals surface area contributed by atoms with Crippen LogP contribution in [-0.4, -0.2) is 55.6 Å². The first-order valence-corrected chi connectivity index (χ1v) is 9.53. The van der Waals surface area contributed by atoms with Crippen LogP contribution in [0.4, 0.5) is 5.69 Å². The first-order chi connectivity index (χ1) is 12.7. The van der Waals surface area contributed by atoms with Crippen LogP contribution in [0.3, 0.4) is 0 Å². The van der Waals surface area contributed by atoms with Gasteiger partial charge in [0.25, 0.3) is 5.91 Å². The number of nitrogens with zero attached hydrogens (tertiary/aromatic N) is 3. The molecule has 0 bridgehead atoms. The third-order valence-corrected chi connectivity index (χ3v) is 5.18. The molecule has 0 saturated carbocycles. The quantitative estimate of drug-likeness (QED) is 0.757. The van der Waals surface area contributed by atoms with E-state index in [2.05, 4.69) is 32.7 Å². The highest BCUT2D eigenvalue weighted by Gasteiger charge is 2.20. The maximum Gasteiger partial charge on any atom is 0.271 e. The zero-order valence-corrected chi connectivity index (χ0v) is 15.8. The van der Waals surface area contributed by atoms with Gasteiger partial charge in [-0.3, -0.25) is 9.69 Å². The van der Waals surface area contributed by atoms with Gasteiger partial charge >= 0.3 is 0 Å². The Morgan fingerprint density at radius 3 is 2.85 bits per heavy atom. The Labute approximate surface area is 158 Å². The number of anilines is 1. The van der Waals surface area contributed by atoms with Crippen molar-refractivity contribution in [2.24, 2.45) is 0 Å². The zero-order chi connectivity index (χ0) is 18.4. The number of ether oxygens (including phenoxy) is 1. The predicted molar refractivity (Wildman–Crippen MR) is 105 cm³/mol. The number of thiazole rings is 1. The van der Waals surface area contributed by atoms with Crippen molar-refractivity contribution in [3.05, 3.63) is 53.0 Å². The second kappa shape index (κ2) is 8.82. The predicted octanol–water partition coefficient (Wildman–Crippen LogP) is 2.39. The summed E-state index contributed by atoms with van der Waals surface area (Å²) in [7, 11) is 1.71. The lowest BCUT2D eigenvalue weighted by Gasteiger charge is -2.36. The Morgan fingerprint density at radius 2 is 2.12 bits per heavy atom. The Morgan fingerprint density at radius 1 is 1.35 bits per heavy atom. The van der Waals surface area contributed by atoms with Gasteiger partial charge in [0.1, 0.15) is 16.5 Å². The molecule has 1 aliphatic rings. The summed E-state index contributed by atoms with van der Waals surface area (Å²) in [5.74, 6) is 0.768. The van der Waals surface area contributed by atoms with E-state index >= 15 is 0 Å². The van der Waals surface area contributed by atoms with Crippen LogP contribution in [0.1, 0.15) is 15.5 Å². The van der Waals surface area contributed by atoms with Crippen molar-refractivity contribution in [1.29, 1.82) is 0 Å². The second-order valence-corrected chi connectivity index (χ2v) is 7.00. The van der Waals surface area contributed by atoms with E-state index in [1.807, 2.05) is 23.6 Å². The minimum Gasteiger partial charge on any atom is -0.495 e. The molecular weight excluding hydrogens is 348 g/mol. The topological polar surface area (TPSA) is 57.7 Å². The largest absolute Gasteiger partial charge is 0.495 e. The molecule has 3 rings (SSSR count). The third kappa shape index (κ3) is 4.42. The third-order valence-electron chi connectivity index (χ3n) is 4.35. The molecule has 0 spiro atoms. The van der Waals surface area contributed by atoms with Gasteiger partial charge in [0.05, 0.1) is 19.3 Å². The fourth-order valence-corrected chi connectivity index (χ4v) is 3.79. The lowest BCUT2D eigenvalue weighted by atomic mass is 10.2. The van der Waals surface area contributed by atoms with E-state index in [0.29, 0.717) is 12.2 Å². The maximum atomic E-state index is 11.9. The second-order valence-electron chi connectivity index (χ2n) is 6.06. The smallest absolute Gasteiger partial charge is 0.271 e. The summed E-state index contributed by atoms with van der Waals surface area (Å²) in [5.41, 5.74) is 1.63. The summed E-state index contributed by atoms with van der Waals surface area (Å²) in [6, 6.07) is 8.13. The highest BCUT2D eigenvalue weighted by molar-refractivity contribution is 7.09. The van der Waals surface area contributed by atoms with Crippen LogP contribution in [0.25, 0.3) is 0 Å². The van der Waals surface area contributed by atoms with Gasteiger partial charge in [-0.25, -0.2) is 4.98 Å². The van der Waals surface area contributed by atoms with Gasteiger partial charge in [0.2, 0.25) is 0 Å². The van der Waals surface area contributed by atoms with E-state index in [-0.39, 0.29) is 5.91 Å². The number of hydrogen-bond acceptors (Lipinski definition) is 6. The van der Waals surface area contributed by atoms with Crippen LogP contribution < -0.4 is 15.0 Å². The van der Waals surface area contributed by atoms with E-state index < -0.39 is 0 Å². The summed E-state index contributed by atoms with van der Waals surface area (Å²) >= 11 is 1.54. The highest BCUT2D eigenvalue weighted by Crippen LogP contribution is 2.28. The Kier molecular flexibility index (Phi) is 6.25. The summed E-state index contributed by atoms with van der Waals surface area (Å²) in [4.78, 5) is 21.1. The van der Waals surface area contributed by atoms with Gasteiger partial charge in [0, 0.05) is 38.1 Å². The molecule has 0 aliphatic carbocycles. The molecule has 1 aromatic carbocycles. The number of methoxy groups -OCH3 is 1. The lowest BCUT2D eigenvalue weighted by molar-refractivity contribution is 0.0953. The van der Waals surface area contributed by atoms with Crippen LogP contribution in [0.2, 0.25) is 0 Å². The van der Waals surface area contributed by atoms with Crippen LogP contribution >= 0.6 is 11.3 Å². The number of para-hydroxylation sites is 2. The lowest BCUT2D eigenvalue weighted by Crippen LogP contribution is -2.46. The molecule has 2 aromatic rings. The summed E-state index contributed by atoms with van der Waals surface area (Å²) < 4.78 is 5.47. The van der Waals surface area contributed by atoms with E-state index in [1.165, 1.54) is 11.3 Å². The molecule has 1 aromatic heterocycles. The first kappa shape index (κ1) is 18.4. The maximum absolute atomic E-state index is 11.9. The average Bonchev–Trinajstić information content (AvgIpc) is 3.15. The molecule has 2 heterocycles. The Hall–Kier alpha value is -2.38. The van der Waals surface area contributed by atoms with Crippen LogP contribution in [-0.2, 0) is 6.54 Å². The standard InChI is InChI=1S/C19H24N4O2S/c1-3-8-20-19(24)15-14-26-18(21-15)13-22-9-11-23(12-10-22)16-6-4-5-7-17(16)25-2/h3-7,14H,1,8-13H2,2H3,(H,20,24). The average molecular weight is 372 g/mol. The molecule has 1 amide bonds. The molecule has 1 saturated heterocycles. The van der Waals surface area contributed by atoms with E-state index in [0.717, 1.165) is 49.2 Å². The van der Waals surface area contributed by atoms with Crippen molar-refractivity contribution in [2.75, 3.05) is 44.7 Å². The number of carbonyl (C=O) groups excluding carboxylic acids is 1. The number of aromatic nitrogens is 1. The van der Waals surface area contributed by atoms with Crippen molar-refractivity contribution in [2.45, 2.75) is 6.54 Å². The molecule has 138 valence electrons. The van der Waals surface area contributed by atoms with Crippen molar-refractivity contribution >= 4 is 22.9 Å². The van der Waals surface area contributed by atoms with Crippen LogP contribution in [0.15, 0.2) is 42.3 Å². The number of rotatable bonds is 7. The van der Waals surface area contributed by atoms with Gasteiger partial charge in [0.15, 0.2) is 0 Å². The zero-order valence-electron chi connectivity index (χ0n) is 15.0. The molecule has 1 aliphatic heterocycles. The summed E-state index contributed by atoms with van der Waals surface area (Å²) in [6.45, 7) is 8.62. The number of amides is 1. The monoisotopic (exact) mass is 372 g/mol. The van der Waals surface area contributed by atoms with Gasteiger partial charge in [-0.1, -0.05) is 18.2 Å². The SMILES string of the molecule is C=CCNC(=O)c1csc(CN2CCN(c3ccccc3OC)CC2)n1.